The maximum atomic E-state index is 12.2. The molecule has 3 atom stereocenters. The fourth-order valence-corrected chi connectivity index (χ4v) is 3.07. The molecule has 0 saturated carbocycles. The first kappa shape index (κ1) is 13.8. The lowest BCUT2D eigenvalue weighted by molar-refractivity contribution is -0.140. The number of nitrogens with zero attached hydrogens (tertiary/aromatic N) is 1. The molecule has 2 aliphatic heterocycles. The standard InChI is InChI=1S/C14H26N2O2/c1-2-3-6-12(15)14(17)16-8-7-13-11(10-16)5-4-9-18-13/h11-13H,2-10,15H2,1H3. The van der Waals surface area contributed by atoms with Crippen molar-refractivity contribution in [2.45, 2.75) is 57.6 Å². The Hall–Kier alpha value is -0.610. The van der Waals surface area contributed by atoms with Crippen LogP contribution in [0.25, 0.3) is 0 Å². The SMILES string of the molecule is CCCCC(N)C(=O)N1CCC2OCCCC2C1. The average molecular weight is 254 g/mol. The van der Waals surface area contributed by atoms with Crippen molar-refractivity contribution in [1.82, 2.24) is 4.90 Å². The third-order valence-corrected chi connectivity index (χ3v) is 4.21. The van der Waals surface area contributed by atoms with E-state index in [1.807, 2.05) is 4.90 Å². The Kier molecular flexibility index (Phi) is 5.01. The third kappa shape index (κ3) is 3.23. The fraction of sp³-hybridized carbons (Fsp3) is 0.929. The molecular formula is C14H26N2O2. The van der Waals surface area contributed by atoms with E-state index in [1.165, 1.54) is 6.42 Å². The van der Waals surface area contributed by atoms with Gasteiger partial charge < -0.3 is 15.4 Å². The highest BCUT2D eigenvalue weighted by atomic mass is 16.5. The molecule has 2 rings (SSSR count). The summed E-state index contributed by atoms with van der Waals surface area (Å²) in [5.41, 5.74) is 5.98. The minimum absolute atomic E-state index is 0.146. The molecule has 18 heavy (non-hydrogen) atoms. The number of amides is 1. The molecule has 3 unspecified atom stereocenters. The van der Waals surface area contributed by atoms with Crippen LogP contribution in [0.2, 0.25) is 0 Å². The number of piperidine rings is 1. The molecular weight excluding hydrogens is 228 g/mol. The van der Waals surface area contributed by atoms with Crippen LogP contribution in [0, 0.1) is 5.92 Å². The normalized spacial score (nSPS) is 29.8. The number of carbonyl (C=O) groups excluding carboxylic acids is 1. The van der Waals surface area contributed by atoms with E-state index in [0.29, 0.717) is 12.0 Å². The Morgan fingerprint density at radius 3 is 3.11 bits per heavy atom. The van der Waals surface area contributed by atoms with Crippen LogP contribution in [0.1, 0.15) is 45.4 Å². The van der Waals surface area contributed by atoms with Crippen molar-refractivity contribution in [3.8, 4) is 0 Å². The van der Waals surface area contributed by atoms with E-state index in [2.05, 4.69) is 6.92 Å². The van der Waals surface area contributed by atoms with E-state index in [-0.39, 0.29) is 11.9 Å². The summed E-state index contributed by atoms with van der Waals surface area (Å²) in [6.45, 7) is 4.69. The lowest BCUT2D eigenvalue weighted by Crippen LogP contribution is -2.52. The molecule has 0 spiro atoms. The van der Waals surface area contributed by atoms with Crippen molar-refractivity contribution < 1.29 is 9.53 Å². The second-order valence-electron chi connectivity index (χ2n) is 5.63. The number of nitrogens with two attached hydrogens (primary N) is 1. The zero-order valence-electron chi connectivity index (χ0n) is 11.4. The Bertz CT molecular complexity index is 283. The molecule has 1 amide bonds. The van der Waals surface area contributed by atoms with Crippen LogP contribution in [-0.4, -0.2) is 42.6 Å². The molecule has 2 N–H and O–H groups in total. The largest absolute Gasteiger partial charge is 0.378 e. The highest BCUT2D eigenvalue weighted by Crippen LogP contribution is 2.28. The lowest BCUT2D eigenvalue weighted by Gasteiger charge is -2.41. The van der Waals surface area contributed by atoms with Gasteiger partial charge in [0.25, 0.3) is 0 Å². The van der Waals surface area contributed by atoms with E-state index >= 15 is 0 Å². The molecule has 0 aromatic heterocycles. The first-order valence-corrected chi connectivity index (χ1v) is 7.38. The Balaban J connectivity index is 1.84. The average Bonchev–Trinajstić information content (AvgIpc) is 2.43. The van der Waals surface area contributed by atoms with Gasteiger partial charge in [0.15, 0.2) is 0 Å². The van der Waals surface area contributed by atoms with Gasteiger partial charge in [0.2, 0.25) is 5.91 Å². The van der Waals surface area contributed by atoms with Gasteiger partial charge in [-0.25, -0.2) is 0 Å². The minimum Gasteiger partial charge on any atom is -0.378 e. The number of hydrogen-bond donors (Lipinski definition) is 1. The molecule has 0 radical (unpaired) electrons. The zero-order chi connectivity index (χ0) is 13.0. The van der Waals surface area contributed by atoms with Gasteiger partial charge in [-0.15, -0.1) is 0 Å². The van der Waals surface area contributed by atoms with Crippen LogP contribution < -0.4 is 5.73 Å². The third-order valence-electron chi connectivity index (χ3n) is 4.21. The van der Waals surface area contributed by atoms with Crippen molar-refractivity contribution >= 4 is 5.91 Å². The number of carbonyl (C=O) groups is 1. The van der Waals surface area contributed by atoms with Crippen molar-refractivity contribution in [2.75, 3.05) is 19.7 Å². The van der Waals surface area contributed by atoms with Crippen molar-refractivity contribution in [3.05, 3.63) is 0 Å². The monoisotopic (exact) mass is 254 g/mol. The number of hydrogen-bond acceptors (Lipinski definition) is 3. The van der Waals surface area contributed by atoms with E-state index in [9.17, 15) is 4.79 Å². The summed E-state index contributed by atoms with van der Waals surface area (Å²) in [5.74, 6) is 0.683. The number of rotatable bonds is 4. The topological polar surface area (TPSA) is 55.6 Å². The van der Waals surface area contributed by atoms with E-state index in [4.69, 9.17) is 10.5 Å². The summed E-state index contributed by atoms with van der Waals surface area (Å²) in [5, 5.41) is 0. The summed E-state index contributed by atoms with van der Waals surface area (Å²) < 4.78 is 5.77. The summed E-state index contributed by atoms with van der Waals surface area (Å²) >= 11 is 0. The molecule has 2 fully saturated rings. The molecule has 0 aromatic carbocycles. The van der Waals surface area contributed by atoms with Crippen molar-refractivity contribution in [1.29, 1.82) is 0 Å². The summed E-state index contributed by atoms with van der Waals surface area (Å²) in [4.78, 5) is 14.2. The Morgan fingerprint density at radius 2 is 2.33 bits per heavy atom. The second-order valence-corrected chi connectivity index (χ2v) is 5.63. The first-order chi connectivity index (χ1) is 8.72. The predicted molar refractivity (Wildman–Crippen MR) is 71.2 cm³/mol. The molecule has 0 aromatic rings. The van der Waals surface area contributed by atoms with Crippen molar-refractivity contribution in [3.63, 3.8) is 0 Å². The maximum absolute atomic E-state index is 12.2. The molecule has 2 heterocycles. The van der Waals surface area contributed by atoms with Gasteiger partial charge in [0.1, 0.15) is 0 Å². The number of likely N-dealkylation sites (tertiary alicyclic amines) is 1. The number of fused-ring (bicyclic) bond motifs is 1. The molecule has 2 aliphatic rings. The second kappa shape index (κ2) is 6.53. The molecule has 4 heteroatoms. The van der Waals surface area contributed by atoms with Crippen LogP contribution in [0.5, 0.6) is 0 Å². The quantitative estimate of drug-likeness (QED) is 0.828. The molecule has 4 nitrogen and oxygen atoms in total. The van der Waals surface area contributed by atoms with E-state index in [1.54, 1.807) is 0 Å². The van der Waals surface area contributed by atoms with E-state index in [0.717, 1.165) is 51.8 Å². The van der Waals surface area contributed by atoms with Crippen LogP contribution in [0.15, 0.2) is 0 Å². The van der Waals surface area contributed by atoms with E-state index < -0.39 is 0 Å². The minimum atomic E-state index is -0.300. The smallest absolute Gasteiger partial charge is 0.239 e. The Morgan fingerprint density at radius 1 is 1.50 bits per heavy atom. The number of ether oxygens (including phenoxy) is 1. The highest BCUT2D eigenvalue weighted by Gasteiger charge is 2.34. The van der Waals surface area contributed by atoms with Gasteiger partial charge >= 0.3 is 0 Å². The zero-order valence-corrected chi connectivity index (χ0v) is 11.4. The Labute approximate surface area is 110 Å². The van der Waals surface area contributed by atoms with Gasteiger partial charge in [-0.3, -0.25) is 4.79 Å². The summed E-state index contributed by atoms with van der Waals surface area (Å²) in [6.07, 6.45) is 6.64. The summed E-state index contributed by atoms with van der Waals surface area (Å²) in [6, 6.07) is -0.300. The predicted octanol–water partition coefficient (Wildman–Crippen LogP) is 1.53. The fourth-order valence-electron chi connectivity index (χ4n) is 3.07. The maximum Gasteiger partial charge on any atom is 0.239 e. The van der Waals surface area contributed by atoms with Gasteiger partial charge in [0.05, 0.1) is 12.1 Å². The van der Waals surface area contributed by atoms with Crippen LogP contribution in [0.4, 0.5) is 0 Å². The first-order valence-electron chi connectivity index (χ1n) is 7.38. The van der Waals surface area contributed by atoms with Crippen molar-refractivity contribution in [2.24, 2.45) is 11.7 Å². The van der Waals surface area contributed by atoms with Gasteiger partial charge in [-0.1, -0.05) is 19.8 Å². The van der Waals surface area contributed by atoms with Crippen LogP contribution >= 0.6 is 0 Å². The molecule has 0 aliphatic carbocycles. The highest BCUT2D eigenvalue weighted by molar-refractivity contribution is 5.81. The molecule has 0 bridgehead atoms. The van der Waals surface area contributed by atoms with Gasteiger partial charge in [0, 0.05) is 25.6 Å². The number of unbranched alkanes of at least 4 members (excludes halogenated alkanes) is 1. The van der Waals surface area contributed by atoms with Gasteiger partial charge in [-0.2, -0.15) is 0 Å². The molecule has 2 saturated heterocycles. The molecule has 104 valence electrons. The van der Waals surface area contributed by atoms with Crippen LogP contribution in [-0.2, 0) is 9.53 Å². The summed E-state index contributed by atoms with van der Waals surface area (Å²) in [7, 11) is 0. The van der Waals surface area contributed by atoms with Crippen LogP contribution in [0.3, 0.4) is 0 Å². The lowest BCUT2D eigenvalue weighted by atomic mass is 9.88. The van der Waals surface area contributed by atoms with Gasteiger partial charge in [-0.05, 0) is 25.7 Å².